The highest BCUT2D eigenvalue weighted by molar-refractivity contribution is 5.36. The van der Waals surface area contributed by atoms with Crippen LogP contribution in [0.3, 0.4) is 0 Å². The minimum Gasteiger partial charge on any atom is -0.310 e. The van der Waals surface area contributed by atoms with Crippen molar-refractivity contribution in [2.24, 2.45) is 0 Å². The summed E-state index contributed by atoms with van der Waals surface area (Å²) in [6.45, 7) is 12.0. The van der Waals surface area contributed by atoms with E-state index in [1.54, 1.807) is 0 Å². The molecule has 0 radical (unpaired) electrons. The molecule has 1 aromatic rings. The summed E-state index contributed by atoms with van der Waals surface area (Å²) in [7, 11) is 0. The van der Waals surface area contributed by atoms with Crippen LogP contribution in [0.4, 0.5) is 0 Å². The fraction of sp³-hybridized carbons (Fsp3) is 0.571. The molecule has 0 aliphatic carbocycles. The van der Waals surface area contributed by atoms with E-state index in [0.717, 1.165) is 6.54 Å². The Morgan fingerprint density at radius 2 is 1.67 bits per heavy atom. The third-order valence-electron chi connectivity index (χ3n) is 3.21. The second-order valence-corrected chi connectivity index (χ2v) is 4.55. The van der Waals surface area contributed by atoms with E-state index in [0.29, 0.717) is 6.04 Å². The van der Waals surface area contributed by atoms with Crippen molar-refractivity contribution >= 4 is 0 Å². The van der Waals surface area contributed by atoms with Gasteiger partial charge >= 0.3 is 0 Å². The van der Waals surface area contributed by atoms with E-state index in [1.165, 1.54) is 28.7 Å². The maximum absolute atomic E-state index is 3.54. The summed E-state index contributed by atoms with van der Waals surface area (Å²) in [6, 6.07) is 5.19. The molecule has 15 heavy (non-hydrogen) atoms. The van der Waals surface area contributed by atoms with Gasteiger partial charge in [-0.05, 0) is 56.4 Å². The first-order valence-electron chi connectivity index (χ1n) is 5.84. The molecule has 84 valence electrons. The van der Waals surface area contributed by atoms with Gasteiger partial charge in [-0.2, -0.15) is 0 Å². The molecule has 0 aliphatic heterocycles. The van der Waals surface area contributed by atoms with Gasteiger partial charge in [0.15, 0.2) is 0 Å². The molecule has 0 aromatic heterocycles. The zero-order valence-corrected chi connectivity index (χ0v) is 10.6. The van der Waals surface area contributed by atoms with Crippen molar-refractivity contribution in [2.45, 2.75) is 53.6 Å². The van der Waals surface area contributed by atoms with Gasteiger partial charge < -0.3 is 5.32 Å². The van der Waals surface area contributed by atoms with Gasteiger partial charge in [0.2, 0.25) is 0 Å². The van der Waals surface area contributed by atoms with Gasteiger partial charge in [-0.25, -0.2) is 0 Å². The first kappa shape index (κ1) is 12.3. The Morgan fingerprint density at radius 1 is 1.07 bits per heavy atom. The normalized spacial score (nSPS) is 12.9. The van der Waals surface area contributed by atoms with Crippen molar-refractivity contribution in [3.8, 4) is 0 Å². The van der Waals surface area contributed by atoms with Gasteiger partial charge in [0.1, 0.15) is 0 Å². The van der Waals surface area contributed by atoms with E-state index >= 15 is 0 Å². The predicted octanol–water partition coefficient (Wildman–Crippen LogP) is 3.50. The monoisotopic (exact) mass is 205 g/mol. The molecule has 0 saturated heterocycles. The lowest BCUT2D eigenvalue weighted by Crippen LogP contribution is -2.24. The summed E-state index contributed by atoms with van der Waals surface area (Å²) in [6.07, 6.45) is 1.18. The number of hydrogen-bond acceptors (Lipinski definition) is 1. The number of nitrogens with one attached hydrogen (secondary N) is 1. The standard InChI is InChI=1S/C14H23N/c1-6-13(5)15-9-14-8-11(3)10(2)7-12(14)4/h7-8,13,15H,6,9H2,1-5H3. The summed E-state index contributed by atoms with van der Waals surface area (Å²) in [5.41, 5.74) is 5.61. The van der Waals surface area contributed by atoms with Crippen LogP contribution in [0.25, 0.3) is 0 Å². The first-order chi connectivity index (χ1) is 7.04. The number of benzene rings is 1. The predicted molar refractivity (Wildman–Crippen MR) is 67.2 cm³/mol. The molecule has 0 spiro atoms. The van der Waals surface area contributed by atoms with Crippen molar-refractivity contribution in [2.75, 3.05) is 0 Å². The first-order valence-corrected chi connectivity index (χ1v) is 5.84. The summed E-state index contributed by atoms with van der Waals surface area (Å²) in [4.78, 5) is 0. The van der Waals surface area contributed by atoms with E-state index in [-0.39, 0.29) is 0 Å². The fourth-order valence-corrected chi connectivity index (χ4v) is 1.64. The molecule has 0 aliphatic rings. The Hall–Kier alpha value is -0.820. The molecule has 1 nitrogen and oxygen atoms in total. The molecule has 0 fully saturated rings. The molecule has 1 rings (SSSR count). The molecule has 1 atom stereocenters. The van der Waals surface area contributed by atoms with Crippen molar-refractivity contribution in [3.63, 3.8) is 0 Å². The largest absolute Gasteiger partial charge is 0.310 e. The molecule has 1 unspecified atom stereocenters. The third kappa shape index (κ3) is 3.35. The highest BCUT2D eigenvalue weighted by Crippen LogP contribution is 2.15. The minimum atomic E-state index is 0.603. The van der Waals surface area contributed by atoms with Gasteiger partial charge in [0.05, 0.1) is 0 Å². The molecule has 0 saturated carbocycles. The fourth-order valence-electron chi connectivity index (χ4n) is 1.64. The lowest BCUT2D eigenvalue weighted by molar-refractivity contribution is 0.533. The Morgan fingerprint density at radius 3 is 2.27 bits per heavy atom. The maximum atomic E-state index is 3.54. The van der Waals surface area contributed by atoms with Crippen LogP contribution in [-0.2, 0) is 6.54 Å². The van der Waals surface area contributed by atoms with Crippen LogP contribution in [0.15, 0.2) is 12.1 Å². The SMILES string of the molecule is CCC(C)NCc1cc(C)c(C)cc1C. The van der Waals surface area contributed by atoms with Crippen LogP contribution in [0.2, 0.25) is 0 Å². The molecule has 0 heterocycles. The molecule has 1 N–H and O–H groups in total. The molecule has 0 amide bonds. The lowest BCUT2D eigenvalue weighted by Gasteiger charge is -2.14. The zero-order valence-electron chi connectivity index (χ0n) is 10.6. The summed E-state index contributed by atoms with van der Waals surface area (Å²) in [5, 5.41) is 3.54. The molecule has 1 aromatic carbocycles. The van der Waals surface area contributed by atoms with Crippen LogP contribution in [0.5, 0.6) is 0 Å². The van der Waals surface area contributed by atoms with E-state index in [2.05, 4.69) is 52.1 Å². The van der Waals surface area contributed by atoms with Gasteiger partial charge in [-0.15, -0.1) is 0 Å². The van der Waals surface area contributed by atoms with Gasteiger partial charge in [0, 0.05) is 12.6 Å². The van der Waals surface area contributed by atoms with Crippen LogP contribution in [0.1, 0.15) is 42.5 Å². The average molecular weight is 205 g/mol. The maximum Gasteiger partial charge on any atom is 0.0210 e. The van der Waals surface area contributed by atoms with Crippen molar-refractivity contribution in [1.29, 1.82) is 0 Å². The minimum absolute atomic E-state index is 0.603. The van der Waals surface area contributed by atoms with Gasteiger partial charge in [0.25, 0.3) is 0 Å². The smallest absolute Gasteiger partial charge is 0.0210 e. The van der Waals surface area contributed by atoms with E-state index < -0.39 is 0 Å². The summed E-state index contributed by atoms with van der Waals surface area (Å²) in [5.74, 6) is 0. The Balaban J connectivity index is 2.73. The van der Waals surface area contributed by atoms with Gasteiger partial charge in [-0.1, -0.05) is 19.1 Å². The molecular weight excluding hydrogens is 182 g/mol. The lowest BCUT2D eigenvalue weighted by atomic mass is 10.0. The van der Waals surface area contributed by atoms with E-state index in [9.17, 15) is 0 Å². The average Bonchev–Trinajstić information content (AvgIpc) is 2.21. The van der Waals surface area contributed by atoms with Gasteiger partial charge in [-0.3, -0.25) is 0 Å². The molecule has 0 bridgehead atoms. The highest BCUT2D eigenvalue weighted by Gasteiger charge is 2.03. The second-order valence-electron chi connectivity index (χ2n) is 4.55. The van der Waals surface area contributed by atoms with Crippen LogP contribution in [0, 0.1) is 20.8 Å². The van der Waals surface area contributed by atoms with E-state index in [1.807, 2.05) is 0 Å². The van der Waals surface area contributed by atoms with Crippen molar-refractivity contribution in [1.82, 2.24) is 5.32 Å². The highest BCUT2D eigenvalue weighted by atomic mass is 14.9. The third-order valence-corrected chi connectivity index (χ3v) is 3.21. The van der Waals surface area contributed by atoms with Crippen molar-refractivity contribution in [3.05, 3.63) is 34.4 Å². The Labute approximate surface area is 93.9 Å². The quantitative estimate of drug-likeness (QED) is 0.793. The molecular formula is C14H23N. The molecule has 1 heteroatoms. The number of aryl methyl sites for hydroxylation is 3. The number of hydrogen-bond donors (Lipinski definition) is 1. The topological polar surface area (TPSA) is 12.0 Å². The van der Waals surface area contributed by atoms with E-state index in [4.69, 9.17) is 0 Å². The Bertz CT molecular complexity index is 328. The second kappa shape index (κ2) is 5.32. The van der Waals surface area contributed by atoms with Crippen LogP contribution in [-0.4, -0.2) is 6.04 Å². The summed E-state index contributed by atoms with van der Waals surface area (Å²) >= 11 is 0. The van der Waals surface area contributed by atoms with Crippen LogP contribution < -0.4 is 5.32 Å². The summed E-state index contributed by atoms with van der Waals surface area (Å²) < 4.78 is 0. The Kier molecular flexibility index (Phi) is 4.34. The van der Waals surface area contributed by atoms with Crippen LogP contribution >= 0.6 is 0 Å². The number of rotatable bonds is 4. The zero-order chi connectivity index (χ0) is 11.4. The van der Waals surface area contributed by atoms with Crippen molar-refractivity contribution < 1.29 is 0 Å².